The number of aromatic nitrogens is 4. The highest BCUT2D eigenvalue weighted by molar-refractivity contribution is 6.10. The van der Waals surface area contributed by atoms with Crippen LogP contribution in [0.25, 0.3) is 106 Å². The molecular formula is C55H36N4. The van der Waals surface area contributed by atoms with E-state index >= 15 is 0 Å². The Bertz CT molecular complexity index is 3260. The van der Waals surface area contributed by atoms with Crippen molar-refractivity contribution < 1.29 is 0 Å². The molecule has 0 N–H and O–H groups in total. The minimum atomic E-state index is 0.604. The molecule has 0 amide bonds. The zero-order valence-corrected chi connectivity index (χ0v) is 32.1. The molecule has 0 saturated carbocycles. The Hall–Kier alpha value is -7.95. The predicted molar refractivity (Wildman–Crippen MR) is 244 cm³/mol. The van der Waals surface area contributed by atoms with E-state index in [1.165, 1.54) is 27.3 Å². The van der Waals surface area contributed by atoms with Crippen molar-refractivity contribution in [3.05, 3.63) is 218 Å². The van der Waals surface area contributed by atoms with E-state index in [9.17, 15) is 0 Å². The van der Waals surface area contributed by atoms with Gasteiger partial charge in [-0.15, -0.1) is 0 Å². The van der Waals surface area contributed by atoms with Crippen molar-refractivity contribution in [1.82, 2.24) is 19.5 Å². The summed E-state index contributed by atoms with van der Waals surface area (Å²) in [6, 6.07) is 76.9. The van der Waals surface area contributed by atoms with Gasteiger partial charge in [-0.25, -0.2) is 15.0 Å². The lowest BCUT2D eigenvalue weighted by atomic mass is 9.96. The third kappa shape index (κ3) is 6.15. The van der Waals surface area contributed by atoms with Crippen LogP contribution in [0.4, 0.5) is 0 Å². The van der Waals surface area contributed by atoms with E-state index in [-0.39, 0.29) is 0 Å². The maximum atomic E-state index is 5.32. The molecule has 0 radical (unpaired) electrons. The first-order valence-corrected chi connectivity index (χ1v) is 19.9. The van der Waals surface area contributed by atoms with Crippen molar-refractivity contribution in [2.24, 2.45) is 0 Å². The van der Waals surface area contributed by atoms with Gasteiger partial charge in [0, 0.05) is 33.0 Å². The maximum Gasteiger partial charge on any atom is 0.164 e. The number of para-hydroxylation sites is 2. The van der Waals surface area contributed by atoms with Crippen LogP contribution >= 0.6 is 0 Å². The molecule has 11 aromatic rings. The predicted octanol–water partition coefficient (Wildman–Crippen LogP) is 14.1. The highest BCUT2D eigenvalue weighted by Gasteiger charge is 2.20. The van der Waals surface area contributed by atoms with Crippen molar-refractivity contribution in [2.45, 2.75) is 0 Å². The molecule has 0 atom stereocenters. The molecule has 2 aromatic heterocycles. The standard InChI is InChI=1S/C55H36N4/c1-4-17-37(18-5-1)43-28-16-23-40-35-41(31-33-45(40)43)53-56-54(58-55(57-53)49-27-11-10-24-44(49)38-19-6-2-7-20-38)42-32-34-46(39-21-8-3-9-22-39)52(36-42)59-50-29-14-12-25-47(50)48-26-13-15-30-51(48)59/h1-36H. The molecule has 9 aromatic carbocycles. The van der Waals surface area contributed by atoms with Gasteiger partial charge < -0.3 is 4.57 Å². The smallest absolute Gasteiger partial charge is 0.164 e. The normalized spacial score (nSPS) is 11.4. The summed E-state index contributed by atoms with van der Waals surface area (Å²) in [5.41, 5.74) is 12.9. The fraction of sp³-hybridized carbons (Fsp3) is 0. The number of hydrogen-bond acceptors (Lipinski definition) is 3. The molecule has 4 heteroatoms. The topological polar surface area (TPSA) is 43.6 Å². The summed E-state index contributed by atoms with van der Waals surface area (Å²) in [6.07, 6.45) is 0. The molecule has 0 fully saturated rings. The van der Waals surface area contributed by atoms with Crippen LogP contribution < -0.4 is 0 Å². The molecule has 59 heavy (non-hydrogen) atoms. The average Bonchev–Trinajstić information content (AvgIpc) is 3.66. The van der Waals surface area contributed by atoms with E-state index in [0.717, 1.165) is 61.1 Å². The average molecular weight is 753 g/mol. The van der Waals surface area contributed by atoms with Crippen molar-refractivity contribution in [1.29, 1.82) is 0 Å². The number of fused-ring (bicyclic) bond motifs is 4. The Labute approximate surface area is 342 Å². The number of benzene rings is 9. The van der Waals surface area contributed by atoms with Crippen LogP contribution in [0.1, 0.15) is 0 Å². The molecular weight excluding hydrogens is 717 g/mol. The molecule has 2 heterocycles. The Morgan fingerprint density at radius 1 is 0.271 bits per heavy atom. The van der Waals surface area contributed by atoms with Gasteiger partial charge in [0.1, 0.15) is 0 Å². The van der Waals surface area contributed by atoms with E-state index < -0.39 is 0 Å². The lowest BCUT2D eigenvalue weighted by molar-refractivity contribution is 1.07. The fourth-order valence-corrected chi connectivity index (χ4v) is 8.49. The third-order valence-electron chi connectivity index (χ3n) is 11.3. The second kappa shape index (κ2) is 14.5. The SMILES string of the molecule is c1ccc(-c2ccccc2-c2nc(-c3ccc(-c4ccccc4)c(-n4c5ccccc5c5ccccc54)c3)nc(-c3ccc4c(-c5ccccc5)cccc4c3)n2)cc1. The van der Waals surface area contributed by atoms with Gasteiger partial charge in [0.2, 0.25) is 0 Å². The largest absolute Gasteiger partial charge is 0.309 e. The highest BCUT2D eigenvalue weighted by atomic mass is 15.0. The van der Waals surface area contributed by atoms with Gasteiger partial charge in [-0.3, -0.25) is 0 Å². The van der Waals surface area contributed by atoms with Crippen LogP contribution in [0, 0.1) is 0 Å². The zero-order chi connectivity index (χ0) is 39.1. The Balaban J connectivity index is 1.15. The quantitative estimate of drug-likeness (QED) is 0.163. The monoisotopic (exact) mass is 752 g/mol. The molecule has 0 aliphatic carbocycles. The lowest BCUT2D eigenvalue weighted by Crippen LogP contribution is -2.03. The van der Waals surface area contributed by atoms with Crippen molar-refractivity contribution in [3.8, 4) is 73.2 Å². The Kier molecular flexibility index (Phi) is 8.45. The van der Waals surface area contributed by atoms with Gasteiger partial charge in [0.15, 0.2) is 17.5 Å². The molecule has 0 saturated heterocycles. The lowest BCUT2D eigenvalue weighted by Gasteiger charge is -2.17. The van der Waals surface area contributed by atoms with Crippen LogP contribution in [0.2, 0.25) is 0 Å². The maximum absolute atomic E-state index is 5.32. The van der Waals surface area contributed by atoms with Crippen LogP contribution in [-0.4, -0.2) is 19.5 Å². The summed E-state index contributed by atoms with van der Waals surface area (Å²) in [6.45, 7) is 0. The highest BCUT2D eigenvalue weighted by Crippen LogP contribution is 2.39. The fourth-order valence-electron chi connectivity index (χ4n) is 8.49. The summed E-state index contributed by atoms with van der Waals surface area (Å²) >= 11 is 0. The van der Waals surface area contributed by atoms with E-state index in [1.54, 1.807) is 0 Å². The Morgan fingerprint density at radius 2 is 0.746 bits per heavy atom. The van der Waals surface area contributed by atoms with Crippen molar-refractivity contribution in [3.63, 3.8) is 0 Å². The number of nitrogens with zero attached hydrogens (tertiary/aromatic N) is 4. The molecule has 276 valence electrons. The minimum absolute atomic E-state index is 0.604. The van der Waals surface area contributed by atoms with Crippen LogP contribution in [0.3, 0.4) is 0 Å². The molecule has 0 unspecified atom stereocenters. The van der Waals surface area contributed by atoms with Crippen molar-refractivity contribution >= 4 is 32.6 Å². The molecule has 4 nitrogen and oxygen atoms in total. The summed E-state index contributed by atoms with van der Waals surface area (Å²) < 4.78 is 2.39. The van der Waals surface area contributed by atoms with E-state index in [4.69, 9.17) is 15.0 Å². The van der Waals surface area contributed by atoms with Gasteiger partial charge in [0.05, 0.1) is 16.7 Å². The minimum Gasteiger partial charge on any atom is -0.309 e. The van der Waals surface area contributed by atoms with Gasteiger partial charge in [0.25, 0.3) is 0 Å². The summed E-state index contributed by atoms with van der Waals surface area (Å²) in [5.74, 6) is 1.84. The van der Waals surface area contributed by atoms with Gasteiger partial charge in [-0.05, 0) is 62.9 Å². The Morgan fingerprint density at radius 3 is 1.39 bits per heavy atom. The second-order valence-corrected chi connectivity index (χ2v) is 14.8. The van der Waals surface area contributed by atoms with Crippen LogP contribution in [-0.2, 0) is 0 Å². The zero-order valence-electron chi connectivity index (χ0n) is 32.1. The first-order valence-electron chi connectivity index (χ1n) is 19.9. The first-order chi connectivity index (χ1) is 29.3. The molecule has 0 aliphatic rings. The summed E-state index contributed by atoms with van der Waals surface area (Å²) in [4.78, 5) is 15.9. The molecule has 0 spiro atoms. The summed E-state index contributed by atoms with van der Waals surface area (Å²) in [7, 11) is 0. The summed E-state index contributed by atoms with van der Waals surface area (Å²) in [5, 5.41) is 4.72. The van der Waals surface area contributed by atoms with Crippen LogP contribution in [0.15, 0.2) is 218 Å². The second-order valence-electron chi connectivity index (χ2n) is 14.8. The number of hydrogen-bond donors (Lipinski definition) is 0. The molecule has 0 bridgehead atoms. The molecule has 0 aliphatic heterocycles. The van der Waals surface area contributed by atoms with Crippen LogP contribution in [0.5, 0.6) is 0 Å². The molecule has 11 rings (SSSR count). The van der Waals surface area contributed by atoms with E-state index in [0.29, 0.717) is 17.5 Å². The van der Waals surface area contributed by atoms with E-state index in [1.807, 2.05) is 6.07 Å². The van der Waals surface area contributed by atoms with Gasteiger partial charge in [-0.1, -0.05) is 194 Å². The number of rotatable bonds is 7. The van der Waals surface area contributed by atoms with E-state index in [2.05, 4.69) is 217 Å². The third-order valence-corrected chi connectivity index (χ3v) is 11.3. The van der Waals surface area contributed by atoms with Gasteiger partial charge in [-0.2, -0.15) is 0 Å². The van der Waals surface area contributed by atoms with Crippen molar-refractivity contribution in [2.75, 3.05) is 0 Å². The van der Waals surface area contributed by atoms with Gasteiger partial charge >= 0.3 is 0 Å². The first kappa shape index (κ1) is 34.3.